The van der Waals surface area contributed by atoms with Crippen LogP contribution in [0.15, 0.2) is 12.7 Å². The van der Waals surface area contributed by atoms with Crippen molar-refractivity contribution in [1.82, 2.24) is 0 Å². The van der Waals surface area contributed by atoms with Crippen molar-refractivity contribution in [2.45, 2.75) is 6.92 Å². The molecule has 0 bridgehead atoms. The standard InChI is InChI=1S/C5H10O.FH/c1-3-5(2)4-6;/h3,5-6H,1,4H2,2H3;1H. The van der Waals surface area contributed by atoms with E-state index in [1.807, 2.05) is 6.92 Å². The van der Waals surface area contributed by atoms with Crippen molar-refractivity contribution in [3.05, 3.63) is 12.7 Å². The Morgan fingerprint density at radius 3 is 2.29 bits per heavy atom. The molecule has 0 saturated heterocycles. The average molecular weight is 106 g/mol. The molecule has 0 fully saturated rings. The van der Waals surface area contributed by atoms with E-state index in [0.29, 0.717) is 0 Å². The monoisotopic (exact) mass is 106 g/mol. The topological polar surface area (TPSA) is 20.2 Å². The zero-order valence-electron chi connectivity index (χ0n) is 4.42. The Morgan fingerprint density at radius 1 is 1.86 bits per heavy atom. The smallest absolute Gasteiger partial charge is 0.0491 e. The third-order valence-corrected chi connectivity index (χ3v) is 0.690. The highest BCUT2D eigenvalue weighted by Gasteiger charge is 1.85. The first-order chi connectivity index (χ1) is 2.81. The van der Waals surface area contributed by atoms with Crippen molar-refractivity contribution in [3.63, 3.8) is 0 Å². The van der Waals surface area contributed by atoms with Crippen LogP contribution in [0, 0.1) is 5.92 Å². The summed E-state index contributed by atoms with van der Waals surface area (Å²) >= 11 is 0. The minimum Gasteiger partial charge on any atom is -0.396 e. The van der Waals surface area contributed by atoms with Crippen LogP contribution in [-0.2, 0) is 0 Å². The van der Waals surface area contributed by atoms with E-state index in [-0.39, 0.29) is 17.2 Å². The maximum absolute atomic E-state index is 8.26. The molecule has 1 unspecified atom stereocenters. The van der Waals surface area contributed by atoms with Gasteiger partial charge >= 0.3 is 0 Å². The summed E-state index contributed by atoms with van der Waals surface area (Å²) in [6.07, 6.45) is 1.72. The van der Waals surface area contributed by atoms with Crippen LogP contribution >= 0.6 is 0 Å². The van der Waals surface area contributed by atoms with E-state index in [9.17, 15) is 0 Å². The van der Waals surface area contributed by atoms with Gasteiger partial charge in [0.15, 0.2) is 0 Å². The molecule has 0 rings (SSSR count). The van der Waals surface area contributed by atoms with E-state index in [1.54, 1.807) is 6.08 Å². The predicted octanol–water partition coefficient (Wildman–Crippen LogP) is 0.953. The molecule has 0 heterocycles. The van der Waals surface area contributed by atoms with Gasteiger partial charge in [-0.1, -0.05) is 13.0 Å². The normalized spacial score (nSPS) is 11.7. The van der Waals surface area contributed by atoms with Crippen molar-refractivity contribution >= 4 is 0 Å². The van der Waals surface area contributed by atoms with Crippen molar-refractivity contribution in [2.75, 3.05) is 6.61 Å². The zero-order chi connectivity index (χ0) is 4.99. The molecule has 0 spiro atoms. The molecular weight excluding hydrogens is 95.1 g/mol. The van der Waals surface area contributed by atoms with Gasteiger partial charge in [-0.05, 0) is 5.92 Å². The number of halogens is 1. The van der Waals surface area contributed by atoms with E-state index in [0.717, 1.165) is 0 Å². The molecule has 44 valence electrons. The fraction of sp³-hybridized carbons (Fsp3) is 0.600. The first-order valence-electron chi connectivity index (χ1n) is 2.04. The lowest BCUT2D eigenvalue weighted by Crippen LogP contribution is -1.93. The fourth-order valence-corrected chi connectivity index (χ4v) is 0.0745. The zero-order valence-corrected chi connectivity index (χ0v) is 4.42. The molecule has 0 radical (unpaired) electrons. The molecule has 0 saturated carbocycles. The van der Waals surface area contributed by atoms with Gasteiger partial charge < -0.3 is 5.11 Å². The van der Waals surface area contributed by atoms with Crippen LogP contribution in [0.1, 0.15) is 6.92 Å². The maximum Gasteiger partial charge on any atom is 0.0491 e. The van der Waals surface area contributed by atoms with Gasteiger partial charge in [0.05, 0.1) is 0 Å². The molecule has 2 heteroatoms. The van der Waals surface area contributed by atoms with Crippen LogP contribution in [0.3, 0.4) is 0 Å². The second-order valence-corrected chi connectivity index (χ2v) is 1.40. The van der Waals surface area contributed by atoms with Crippen molar-refractivity contribution in [2.24, 2.45) is 5.92 Å². The highest BCUT2D eigenvalue weighted by Crippen LogP contribution is 1.89. The van der Waals surface area contributed by atoms with Gasteiger partial charge in [-0.25, -0.2) is 0 Å². The summed E-state index contributed by atoms with van der Waals surface area (Å²) in [5.74, 6) is 0.255. The van der Waals surface area contributed by atoms with Gasteiger partial charge in [0.2, 0.25) is 0 Å². The Hall–Kier alpha value is -0.370. The van der Waals surface area contributed by atoms with E-state index < -0.39 is 0 Å². The lowest BCUT2D eigenvalue weighted by molar-refractivity contribution is 0.262. The van der Waals surface area contributed by atoms with E-state index in [1.165, 1.54) is 0 Å². The number of aliphatic hydroxyl groups is 1. The summed E-state index contributed by atoms with van der Waals surface area (Å²) in [5.41, 5.74) is 0. The summed E-state index contributed by atoms with van der Waals surface area (Å²) in [5, 5.41) is 8.26. The van der Waals surface area contributed by atoms with Crippen molar-refractivity contribution in [1.29, 1.82) is 0 Å². The van der Waals surface area contributed by atoms with Gasteiger partial charge in [0.25, 0.3) is 0 Å². The molecule has 0 aliphatic heterocycles. The predicted molar refractivity (Wildman–Crippen MR) is 28.9 cm³/mol. The van der Waals surface area contributed by atoms with Crippen molar-refractivity contribution < 1.29 is 9.81 Å². The SMILES string of the molecule is C=CC(C)CO.F. The van der Waals surface area contributed by atoms with Crippen LogP contribution in [0.2, 0.25) is 0 Å². The highest BCUT2D eigenvalue weighted by molar-refractivity contribution is 4.72. The van der Waals surface area contributed by atoms with Crippen LogP contribution < -0.4 is 0 Å². The molecule has 1 atom stereocenters. The van der Waals surface area contributed by atoms with E-state index in [2.05, 4.69) is 6.58 Å². The molecule has 0 aromatic heterocycles. The molecule has 1 nitrogen and oxygen atoms in total. The Labute approximate surface area is 43.0 Å². The molecular formula is C5H11FO. The second-order valence-electron chi connectivity index (χ2n) is 1.40. The van der Waals surface area contributed by atoms with E-state index >= 15 is 0 Å². The largest absolute Gasteiger partial charge is 0.396 e. The highest BCUT2D eigenvalue weighted by atomic mass is 19.0. The molecule has 0 amide bonds. The minimum atomic E-state index is 0. The number of hydrogen-bond acceptors (Lipinski definition) is 1. The van der Waals surface area contributed by atoms with Gasteiger partial charge in [-0.3, -0.25) is 4.70 Å². The molecule has 0 aliphatic carbocycles. The van der Waals surface area contributed by atoms with Gasteiger partial charge in [0, 0.05) is 6.61 Å². The quantitative estimate of drug-likeness (QED) is 0.520. The van der Waals surface area contributed by atoms with E-state index in [4.69, 9.17) is 5.11 Å². The summed E-state index contributed by atoms with van der Waals surface area (Å²) < 4.78 is 0. The Kier molecular flexibility index (Phi) is 7.88. The Bertz CT molecular complexity index is 45.3. The average Bonchev–Trinajstić information content (AvgIpc) is 1.65. The lowest BCUT2D eigenvalue weighted by atomic mass is 10.2. The fourth-order valence-electron chi connectivity index (χ4n) is 0.0745. The Morgan fingerprint density at radius 2 is 2.29 bits per heavy atom. The number of rotatable bonds is 2. The minimum absolute atomic E-state index is 0. The third kappa shape index (κ3) is 5.63. The van der Waals surface area contributed by atoms with Crippen LogP contribution in [0.25, 0.3) is 0 Å². The molecule has 7 heavy (non-hydrogen) atoms. The second kappa shape index (κ2) is 5.63. The molecule has 0 aromatic carbocycles. The maximum atomic E-state index is 8.26. The molecule has 0 aromatic rings. The first kappa shape index (κ1) is 9.80. The summed E-state index contributed by atoms with van der Waals surface area (Å²) in [6, 6.07) is 0. The third-order valence-electron chi connectivity index (χ3n) is 0.690. The van der Waals surface area contributed by atoms with Gasteiger partial charge in [-0.2, -0.15) is 0 Å². The van der Waals surface area contributed by atoms with Gasteiger partial charge in [-0.15, -0.1) is 6.58 Å². The first-order valence-corrected chi connectivity index (χ1v) is 2.04. The van der Waals surface area contributed by atoms with Crippen LogP contribution in [-0.4, -0.2) is 11.7 Å². The van der Waals surface area contributed by atoms with Crippen LogP contribution in [0.5, 0.6) is 0 Å². The van der Waals surface area contributed by atoms with Crippen molar-refractivity contribution in [3.8, 4) is 0 Å². The molecule has 1 N–H and O–H groups in total. The van der Waals surface area contributed by atoms with Gasteiger partial charge in [0.1, 0.15) is 0 Å². The number of hydrogen-bond donors (Lipinski definition) is 1. The summed E-state index contributed by atoms with van der Waals surface area (Å²) in [6.45, 7) is 5.59. The summed E-state index contributed by atoms with van der Waals surface area (Å²) in [7, 11) is 0. The van der Waals surface area contributed by atoms with Crippen LogP contribution in [0.4, 0.5) is 4.70 Å². The Balaban J connectivity index is 0. The molecule has 0 aliphatic rings. The number of aliphatic hydroxyl groups excluding tert-OH is 1. The lowest BCUT2D eigenvalue weighted by Gasteiger charge is -1.93. The summed E-state index contributed by atoms with van der Waals surface area (Å²) in [4.78, 5) is 0.